The van der Waals surface area contributed by atoms with Crippen molar-refractivity contribution in [3.63, 3.8) is 0 Å². The third-order valence-corrected chi connectivity index (χ3v) is 3.72. The molecule has 0 spiro atoms. The second-order valence-corrected chi connectivity index (χ2v) is 5.38. The number of halogens is 1. The number of amides is 1. The average molecular weight is 283 g/mol. The van der Waals surface area contributed by atoms with Gasteiger partial charge in [0.25, 0.3) is 0 Å². The quantitative estimate of drug-likeness (QED) is 0.830. The summed E-state index contributed by atoms with van der Waals surface area (Å²) >= 11 is 5.67. The number of hydrogen-bond acceptors (Lipinski definition) is 4. The van der Waals surface area contributed by atoms with E-state index < -0.39 is 0 Å². The molecule has 0 radical (unpaired) electrons. The van der Waals surface area contributed by atoms with E-state index in [0.29, 0.717) is 24.1 Å². The molecule has 0 saturated carbocycles. The van der Waals surface area contributed by atoms with Gasteiger partial charge >= 0.3 is 0 Å². The highest BCUT2D eigenvalue weighted by Crippen LogP contribution is 2.22. The molecule has 0 aromatic carbocycles. The van der Waals surface area contributed by atoms with E-state index in [1.807, 2.05) is 0 Å². The van der Waals surface area contributed by atoms with E-state index in [0.717, 1.165) is 13.1 Å². The first kappa shape index (κ1) is 14.2. The zero-order chi connectivity index (χ0) is 13.7. The lowest BCUT2D eigenvalue weighted by molar-refractivity contribution is -0.117. The summed E-state index contributed by atoms with van der Waals surface area (Å²) in [6.45, 7) is 4.23. The number of anilines is 1. The van der Waals surface area contributed by atoms with Crippen molar-refractivity contribution in [2.45, 2.75) is 26.2 Å². The first-order valence-corrected chi connectivity index (χ1v) is 7.02. The van der Waals surface area contributed by atoms with Crippen LogP contribution in [-0.2, 0) is 4.79 Å². The minimum Gasteiger partial charge on any atom is -0.316 e. The highest BCUT2D eigenvalue weighted by atomic mass is 35.5. The molecule has 2 atom stereocenters. The van der Waals surface area contributed by atoms with Crippen molar-refractivity contribution >= 4 is 23.3 Å². The molecule has 1 aliphatic heterocycles. The van der Waals surface area contributed by atoms with E-state index in [9.17, 15) is 4.79 Å². The molecule has 104 valence electrons. The van der Waals surface area contributed by atoms with Crippen LogP contribution in [0.1, 0.15) is 26.2 Å². The maximum absolute atomic E-state index is 11.9. The van der Waals surface area contributed by atoms with Crippen molar-refractivity contribution in [2.24, 2.45) is 11.8 Å². The van der Waals surface area contributed by atoms with Gasteiger partial charge in [-0.1, -0.05) is 6.92 Å². The number of carbonyl (C=O) groups is 1. The van der Waals surface area contributed by atoms with Crippen molar-refractivity contribution in [2.75, 3.05) is 18.4 Å². The Balaban J connectivity index is 1.83. The van der Waals surface area contributed by atoms with Crippen LogP contribution < -0.4 is 10.6 Å². The summed E-state index contributed by atoms with van der Waals surface area (Å²) < 4.78 is 0. The van der Waals surface area contributed by atoms with Crippen LogP contribution >= 0.6 is 11.6 Å². The standard InChI is InChI=1S/C13H19ClN4O/c1-9(10-3-2-5-15-8-10)7-12(19)17-11-4-6-16-13(14)18-11/h4,6,9-10,15H,2-3,5,7-8H2,1H3,(H,16,17,18,19). The van der Waals surface area contributed by atoms with Gasteiger partial charge in [-0.25, -0.2) is 9.97 Å². The molecule has 1 fully saturated rings. The van der Waals surface area contributed by atoms with Crippen LogP contribution in [0.5, 0.6) is 0 Å². The molecule has 1 amide bonds. The summed E-state index contributed by atoms with van der Waals surface area (Å²) in [5, 5.41) is 6.28. The molecule has 1 aliphatic rings. The zero-order valence-electron chi connectivity index (χ0n) is 11.0. The minimum atomic E-state index is -0.0205. The van der Waals surface area contributed by atoms with Crippen molar-refractivity contribution < 1.29 is 4.79 Å². The van der Waals surface area contributed by atoms with E-state index in [2.05, 4.69) is 27.5 Å². The molecule has 0 bridgehead atoms. The largest absolute Gasteiger partial charge is 0.316 e. The summed E-state index contributed by atoms with van der Waals surface area (Å²) in [6.07, 6.45) is 4.42. The highest BCUT2D eigenvalue weighted by molar-refractivity contribution is 6.28. The smallest absolute Gasteiger partial charge is 0.225 e. The van der Waals surface area contributed by atoms with Gasteiger partial charge in [-0.15, -0.1) is 0 Å². The van der Waals surface area contributed by atoms with Crippen LogP contribution in [0.3, 0.4) is 0 Å². The fourth-order valence-corrected chi connectivity index (χ4v) is 2.57. The van der Waals surface area contributed by atoms with E-state index >= 15 is 0 Å². The van der Waals surface area contributed by atoms with E-state index in [-0.39, 0.29) is 11.2 Å². The van der Waals surface area contributed by atoms with Gasteiger partial charge in [0.15, 0.2) is 0 Å². The Morgan fingerprint density at radius 2 is 2.53 bits per heavy atom. The van der Waals surface area contributed by atoms with E-state index in [1.165, 1.54) is 19.0 Å². The number of nitrogens with zero attached hydrogens (tertiary/aromatic N) is 2. The summed E-state index contributed by atoms with van der Waals surface area (Å²) in [7, 11) is 0. The number of nitrogens with one attached hydrogen (secondary N) is 2. The molecule has 1 aromatic heterocycles. The van der Waals surface area contributed by atoms with Gasteiger partial charge in [0.1, 0.15) is 5.82 Å². The molecule has 19 heavy (non-hydrogen) atoms. The monoisotopic (exact) mass is 282 g/mol. The maximum atomic E-state index is 11.9. The molecule has 2 N–H and O–H groups in total. The lowest BCUT2D eigenvalue weighted by atomic mass is 9.85. The van der Waals surface area contributed by atoms with Gasteiger partial charge in [0.05, 0.1) is 0 Å². The minimum absolute atomic E-state index is 0.0205. The summed E-state index contributed by atoms with van der Waals surface area (Å²) in [4.78, 5) is 19.7. The number of hydrogen-bond donors (Lipinski definition) is 2. The lowest BCUT2D eigenvalue weighted by Crippen LogP contribution is -2.34. The second kappa shape index (κ2) is 6.82. The SMILES string of the molecule is CC(CC(=O)Nc1ccnc(Cl)n1)C1CCCNC1. The first-order chi connectivity index (χ1) is 9.15. The van der Waals surface area contributed by atoms with E-state index in [4.69, 9.17) is 11.6 Å². The maximum Gasteiger partial charge on any atom is 0.225 e. The summed E-state index contributed by atoms with van der Waals surface area (Å²) in [5.41, 5.74) is 0. The molecule has 5 nitrogen and oxygen atoms in total. The van der Waals surface area contributed by atoms with Gasteiger partial charge in [-0.05, 0) is 55.4 Å². The Morgan fingerprint density at radius 3 is 3.21 bits per heavy atom. The molecular formula is C13H19ClN4O. The van der Waals surface area contributed by atoms with Crippen LogP contribution in [0.15, 0.2) is 12.3 Å². The van der Waals surface area contributed by atoms with Gasteiger partial charge in [-0.3, -0.25) is 4.79 Å². The Bertz CT molecular complexity index is 434. The Kier molecular flexibility index (Phi) is 5.10. The first-order valence-electron chi connectivity index (χ1n) is 6.64. The van der Waals surface area contributed by atoms with Crippen molar-refractivity contribution in [3.8, 4) is 0 Å². The zero-order valence-corrected chi connectivity index (χ0v) is 11.8. The molecule has 6 heteroatoms. The normalized spacial score (nSPS) is 20.8. The van der Waals surface area contributed by atoms with Gasteiger partial charge in [0, 0.05) is 12.6 Å². The van der Waals surface area contributed by atoms with Gasteiger partial charge in [0.2, 0.25) is 11.2 Å². The topological polar surface area (TPSA) is 66.9 Å². The summed E-state index contributed by atoms with van der Waals surface area (Å²) in [5.74, 6) is 1.38. The van der Waals surface area contributed by atoms with Gasteiger partial charge < -0.3 is 10.6 Å². The molecule has 2 heterocycles. The van der Waals surface area contributed by atoms with Crippen molar-refractivity contribution in [1.29, 1.82) is 0 Å². The molecule has 1 saturated heterocycles. The number of piperidine rings is 1. The fraction of sp³-hybridized carbons (Fsp3) is 0.615. The molecule has 2 rings (SSSR count). The molecule has 0 aliphatic carbocycles. The second-order valence-electron chi connectivity index (χ2n) is 5.05. The van der Waals surface area contributed by atoms with Crippen LogP contribution in [0.2, 0.25) is 5.28 Å². The number of aromatic nitrogens is 2. The Morgan fingerprint density at radius 1 is 1.68 bits per heavy atom. The average Bonchev–Trinajstić information content (AvgIpc) is 2.39. The molecular weight excluding hydrogens is 264 g/mol. The third kappa shape index (κ3) is 4.44. The third-order valence-electron chi connectivity index (χ3n) is 3.54. The van der Waals surface area contributed by atoms with Crippen molar-refractivity contribution in [1.82, 2.24) is 15.3 Å². The van der Waals surface area contributed by atoms with Crippen LogP contribution in [0.4, 0.5) is 5.82 Å². The van der Waals surface area contributed by atoms with Crippen LogP contribution in [0, 0.1) is 11.8 Å². The van der Waals surface area contributed by atoms with Crippen LogP contribution in [0.25, 0.3) is 0 Å². The van der Waals surface area contributed by atoms with E-state index in [1.54, 1.807) is 6.07 Å². The predicted molar refractivity (Wildman–Crippen MR) is 75.0 cm³/mol. The predicted octanol–water partition coefficient (Wildman–Crippen LogP) is 2.09. The summed E-state index contributed by atoms with van der Waals surface area (Å²) in [6, 6.07) is 1.64. The number of carbonyl (C=O) groups excluding carboxylic acids is 1. The van der Waals surface area contributed by atoms with Crippen molar-refractivity contribution in [3.05, 3.63) is 17.5 Å². The number of rotatable bonds is 4. The fourth-order valence-electron chi connectivity index (χ4n) is 2.42. The van der Waals surface area contributed by atoms with Gasteiger partial charge in [-0.2, -0.15) is 0 Å². The Labute approximate surface area is 118 Å². The Hall–Kier alpha value is -1.20. The molecule has 2 unspecified atom stereocenters. The highest BCUT2D eigenvalue weighted by Gasteiger charge is 2.22. The van der Waals surface area contributed by atoms with Crippen LogP contribution in [-0.4, -0.2) is 29.0 Å². The lowest BCUT2D eigenvalue weighted by Gasteiger charge is -2.27. The molecule has 1 aromatic rings.